The van der Waals surface area contributed by atoms with Crippen LogP contribution in [0.4, 0.5) is 10.9 Å². The van der Waals surface area contributed by atoms with Crippen molar-refractivity contribution >= 4 is 50.3 Å². The van der Waals surface area contributed by atoms with Gasteiger partial charge in [-0.3, -0.25) is 4.79 Å². The molecule has 0 saturated carbocycles. The summed E-state index contributed by atoms with van der Waals surface area (Å²) in [6.45, 7) is 6.22. The Hall–Kier alpha value is -2.43. The molecule has 6 N–H and O–H groups in total. The predicted octanol–water partition coefficient (Wildman–Crippen LogP) is 3.44. The number of benzene rings is 1. The number of carbonyl (C=O) groups excluding carboxylic acids is 1. The minimum absolute atomic E-state index is 0.00322. The van der Waals surface area contributed by atoms with E-state index < -0.39 is 5.91 Å². The van der Waals surface area contributed by atoms with Crippen LogP contribution in [0.25, 0.3) is 10.3 Å². The molecule has 0 aliphatic rings. The molecule has 10 heteroatoms. The number of aliphatic hydroxyl groups is 1. The second kappa shape index (κ2) is 9.59. The third-order valence-electron chi connectivity index (χ3n) is 4.49. The smallest absolute Gasteiger partial charge is 0.248 e. The average molecular weight is 447 g/mol. The fraction of sp³-hybridized carbons (Fsp3) is 0.400. The number of hydrogen-bond donors (Lipinski definition) is 4. The molecule has 0 aliphatic heterocycles. The quantitative estimate of drug-likeness (QED) is 0.289. The van der Waals surface area contributed by atoms with Crippen molar-refractivity contribution in [2.75, 3.05) is 17.7 Å². The lowest BCUT2D eigenvalue weighted by atomic mass is 10.0. The van der Waals surface area contributed by atoms with Crippen molar-refractivity contribution in [2.24, 2.45) is 11.7 Å². The van der Waals surface area contributed by atoms with E-state index in [1.807, 2.05) is 19.1 Å². The molecule has 1 aromatic carbocycles. The lowest BCUT2D eigenvalue weighted by Crippen LogP contribution is -2.26. The zero-order valence-electron chi connectivity index (χ0n) is 17.1. The highest BCUT2D eigenvalue weighted by Gasteiger charge is 2.19. The Balaban J connectivity index is 1.90. The number of anilines is 2. The molecule has 1 amide bonds. The van der Waals surface area contributed by atoms with E-state index in [4.69, 9.17) is 11.5 Å². The molecule has 8 nitrogen and oxygen atoms in total. The number of hydrogen-bond acceptors (Lipinski definition) is 9. The lowest BCUT2D eigenvalue weighted by molar-refractivity contribution is 0.1000. The Morgan fingerprint density at radius 2 is 2.03 bits per heavy atom. The van der Waals surface area contributed by atoms with Gasteiger partial charge in [0.1, 0.15) is 4.70 Å². The number of aliphatic hydroxyl groups excluding tert-OH is 1. The third kappa shape index (κ3) is 5.38. The highest BCUT2D eigenvalue weighted by molar-refractivity contribution is 7.99. The van der Waals surface area contributed by atoms with E-state index in [1.54, 1.807) is 12.1 Å². The molecule has 0 radical (unpaired) electrons. The molecule has 2 heterocycles. The van der Waals surface area contributed by atoms with E-state index >= 15 is 0 Å². The Morgan fingerprint density at radius 1 is 1.27 bits per heavy atom. The fourth-order valence-corrected chi connectivity index (χ4v) is 4.69. The monoisotopic (exact) mass is 446 g/mol. The topological polar surface area (TPSA) is 140 Å². The van der Waals surface area contributed by atoms with E-state index in [0.717, 1.165) is 16.7 Å². The largest absolute Gasteiger partial charge is 0.394 e. The van der Waals surface area contributed by atoms with Crippen LogP contribution in [0.15, 0.2) is 29.4 Å². The first-order valence-corrected chi connectivity index (χ1v) is 11.3. The van der Waals surface area contributed by atoms with E-state index in [2.05, 4.69) is 34.1 Å². The van der Waals surface area contributed by atoms with E-state index in [1.165, 1.54) is 23.1 Å². The fourth-order valence-electron chi connectivity index (χ4n) is 3.08. The summed E-state index contributed by atoms with van der Waals surface area (Å²) < 4.78 is 0.766. The van der Waals surface area contributed by atoms with E-state index in [-0.39, 0.29) is 17.9 Å². The molecule has 160 valence electrons. The van der Waals surface area contributed by atoms with Crippen molar-refractivity contribution < 1.29 is 9.90 Å². The van der Waals surface area contributed by atoms with Crippen LogP contribution in [0.1, 0.15) is 48.4 Å². The number of aromatic nitrogens is 3. The maximum atomic E-state index is 11.5. The van der Waals surface area contributed by atoms with Gasteiger partial charge in [-0.25, -0.2) is 15.0 Å². The summed E-state index contributed by atoms with van der Waals surface area (Å²) in [7, 11) is 0. The summed E-state index contributed by atoms with van der Waals surface area (Å²) in [6.07, 6.45) is 0.801. The molecular formula is C20H26N6O2S2. The Labute approximate surface area is 183 Å². The number of nitrogens with two attached hydrogens (primary N) is 2. The molecule has 0 saturated heterocycles. The number of rotatable bonds is 9. The van der Waals surface area contributed by atoms with Crippen LogP contribution in [-0.2, 0) is 0 Å². The molecule has 0 fully saturated rings. The third-order valence-corrected chi connectivity index (χ3v) is 6.39. The number of nitrogens with one attached hydrogen (secondary N) is 1. The Bertz CT molecular complexity index is 1040. The Kier molecular flexibility index (Phi) is 7.11. The van der Waals surface area contributed by atoms with Crippen molar-refractivity contribution in [2.45, 2.75) is 43.6 Å². The maximum Gasteiger partial charge on any atom is 0.248 e. The van der Waals surface area contributed by atoms with Gasteiger partial charge in [0, 0.05) is 10.8 Å². The van der Waals surface area contributed by atoms with Gasteiger partial charge in [0.25, 0.3) is 0 Å². The summed E-state index contributed by atoms with van der Waals surface area (Å²) in [6, 6.07) is 7.09. The van der Waals surface area contributed by atoms with Crippen LogP contribution in [0.5, 0.6) is 0 Å². The standard InChI is InChI=1S/C20H26N6O2S2/c1-10(2)7-14(9-27)23-17-15-18(24-19(22)30-15)26-20(25-17)29-11(3)12-5-4-6-13(8-12)16(21)28/h4-6,8,10-11,14,27H,7,9H2,1-3H3,(H2,21,28)(H3,22,23,24,25,26)/t11-,14-/m1/s1. The van der Waals surface area contributed by atoms with Gasteiger partial charge in [-0.15, -0.1) is 0 Å². The van der Waals surface area contributed by atoms with Crippen LogP contribution in [0.2, 0.25) is 0 Å². The van der Waals surface area contributed by atoms with Gasteiger partial charge in [-0.05, 0) is 37.0 Å². The average Bonchev–Trinajstić information content (AvgIpc) is 3.07. The number of carbonyl (C=O) groups is 1. The minimum Gasteiger partial charge on any atom is -0.394 e. The number of nitrogen functional groups attached to an aromatic ring is 1. The molecule has 0 bridgehead atoms. The van der Waals surface area contributed by atoms with Crippen LogP contribution >= 0.6 is 23.1 Å². The molecule has 0 unspecified atom stereocenters. The van der Waals surface area contributed by atoms with Crippen molar-refractivity contribution in [1.29, 1.82) is 0 Å². The molecule has 3 aromatic rings. The van der Waals surface area contributed by atoms with Crippen molar-refractivity contribution in [3.63, 3.8) is 0 Å². The first-order chi connectivity index (χ1) is 14.3. The van der Waals surface area contributed by atoms with Crippen LogP contribution < -0.4 is 16.8 Å². The zero-order chi connectivity index (χ0) is 21.8. The van der Waals surface area contributed by atoms with Crippen molar-refractivity contribution in [3.8, 4) is 0 Å². The molecule has 0 spiro atoms. The second-order valence-electron chi connectivity index (χ2n) is 7.46. The summed E-state index contributed by atoms with van der Waals surface area (Å²) in [5.74, 6) is 0.579. The van der Waals surface area contributed by atoms with E-state index in [9.17, 15) is 9.90 Å². The van der Waals surface area contributed by atoms with Crippen LogP contribution in [-0.4, -0.2) is 38.6 Å². The Morgan fingerprint density at radius 3 is 2.70 bits per heavy atom. The number of thiazole rings is 1. The number of fused-ring (bicyclic) bond motifs is 1. The number of amides is 1. The van der Waals surface area contributed by atoms with Gasteiger partial charge in [0.05, 0.1) is 12.6 Å². The molecular weight excluding hydrogens is 420 g/mol. The summed E-state index contributed by atoms with van der Waals surface area (Å²) in [5.41, 5.74) is 13.2. The second-order valence-corrected chi connectivity index (χ2v) is 9.80. The van der Waals surface area contributed by atoms with Gasteiger partial charge in [0.2, 0.25) is 5.91 Å². The van der Waals surface area contributed by atoms with E-state index in [0.29, 0.717) is 33.2 Å². The summed E-state index contributed by atoms with van der Waals surface area (Å²) >= 11 is 2.77. The minimum atomic E-state index is -0.462. The van der Waals surface area contributed by atoms with Gasteiger partial charge in [0.15, 0.2) is 21.8 Å². The van der Waals surface area contributed by atoms with Gasteiger partial charge in [-0.2, -0.15) is 0 Å². The highest BCUT2D eigenvalue weighted by Crippen LogP contribution is 2.37. The van der Waals surface area contributed by atoms with Crippen LogP contribution in [0, 0.1) is 5.92 Å². The molecule has 0 aliphatic carbocycles. The summed E-state index contributed by atoms with van der Waals surface area (Å²) in [5, 5.41) is 14.0. The van der Waals surface area contributed by atoms with Gasteiger partial charge >= 0.3 is 0 Å². The zero-order valence-corrected chi connectivity index (χ0v) is 18.8. The molecule has 2 atom stereocenters. The molecule has 30 heavy (non-hydrogen) atoms. The highest BCUT2D eigenvalue weighted by atomic mass is 32.2. The van der Waals surface area contributed by atoms with Gasteiger partial charge in [-0.1, -0.05) is 49.1 Å². The number of primary amides is 1. The van der Waals surface area contributed by atoms with Crippen molar-refractivity contribution in [3.05, 3.63) is 35.4 Å². The van der Waals surface area contributed by atoms with Crippen LogP contribution in [0.3, 0.4) is 0 Å². The van der Waals surface area contributed by atoms with Gasteiger partial charge < -0.3 is 21.9 Å². The predicted molar refractivity (Wildman–Crippen MR) is 123 cm³/mol. The maximum absolute atomic E-state index is 11.5. The lowest BCUT2D eigenvalue weighted by Gasteiger charge is -2.19. The first-order valence-electron chi connectivity index (χ1n) is 9.64. The first kappa shape index (κ1) is 22.3. The normalized spacial score (nSPS) is 13.5. The SMILES string of the molecule is CC(C)C[C@H](CO)Nc1nc(S[C@H](C)c2cccc(C(N)=O)c2)nc2nc(N)sc12. The number of nitrogens with zero attached hydrogens (tertiary/aromatic N) is 3. The molecule has 3 rings (SSSR count). The number of thioether (sulfide) groups is 1. The molecule has 2 aromatic heterocycles. The van der Waals surface area contributed by atoms with Crippen molar-refractivity contribution in [1.82, 2.24) is 15.0 Å². The summed E-state index contributed by atoms with van der Waals surface area (Å²) in [4.78, 5) is 25.0.